The van der Waals surface area contributed by atoms with Crippen LogP contribution in [0.15, 0.2) is 66.9 Å². The molecule has 2 aromatic heterocycles. The van der Waals surface area contributed by atoms with Crippen LogP contribution in [-0.2, 0) is 33.5 Å². The van der Waals surface area contributed by atoms with Crippen molar-refractivity contribution in [2.45, 2.75) is 44.5 Å². The molecule has 204 valence electrons. The Morgan fingerprint density at radius 1 is 1.11 bits per heavy atom. The van der Waals surface area contributed by atoms with Gasteiger partial charge in [0.1, 0.15) is 16.0 Å². The first-order valence-corrected chi connectivity index (χ1v) is 15.7. The Bertz CT molecular complexity index is 1480. The number of nitrogens with zero attached hydrogens (tertiary/aromatic N) is 3. The van der Waals surface area contributed by atoms with Crippen molar-refractivity contribution in [2.75, 3.05) is 19.9 Å². The van der Waals surface area contributed by atoms with E-state index in [4.69, 9.17) is 4.74 Å². The fourth-order valence-corrected chi connectivity index (χ4v) is 7.72. The third-order valence-corrected chi connectivity index (χ3v) is 11.3. The average molecular weight is 575 g/mol. The van der Waals surface area contributed by atoms with Gasteiger partial charge in [-0.05, 0) is 63.6 Å². The molecule has 4 rings (SSSR count). The van der Waals surface area contributed by atoms with Crippen molar-refractivity contribution >= 4 is 42.9 Å². The van der Waals surface area contributed by atoms with Crippen LogP contribution in [-0.4, -0.2) is 51.7 Å². The Morgan fingerprint density at radius 3 is 2.37 bits per heavy atom. The molecule has 0 saturated heterocycles. The summed E-state index contributed by atoms with van der Waals surface area (Å²) in [6.07, 6.45) is 1.78. The quantitative estimate of drug-likeness (QED) is 0.273. The minimum absolute atomic E-state index is 0.208. The predicted octanol–water partition coefficient (Wildman–Crippen LogP) is 4.82. The number of para-hydroxylation sites is 1. The highest BCUT2D eigenvalue weighted by Gasteiger charge is 2.43. The Balaban J connectivity index is 1.68. The monoisotopic (exact) mass is 574 g/mol. The number of hydrogen-bond donors (Lipinski definition) is 1. The topological polar surface area (TPSA) is 99.5 Å². The Morgan fingerprint density at radius 2 is 1.76 bits per heavy atom. The molecular formula is C27H34N4O4S3. The Labute approximate surface area is 232 Å². The summed E-state index contributed by atoms with van der Waals surface area (Å²) in [7, 11) is -0.607. The van der Waals surface area contributed by atoms with Gasteiger partial charge in [-0.3, -0.25) is 0 Å². The maximum atomic E-state index is 13.7. The Hall–Kier alpha value is -2.41. The third-order valence-electron chi connectivity index (χ3n) is 6.19. The van der Waals surface area contributed by atoms with Crippen LogP contribution in [0.2, 0.25) is 0 Å². The second kappa shape index (κ2) is 11.0. The van der Waals surface area contributed by atoms with Crippen LogP contribution in [0.25, 0.3) is 15.9 Å². The maximum Gasteiger partial charge on any atom is 0.216 e. The summed E-state index contributed by atoms with van der Waals surface area (Å²) in [5, 5.41) is 4.52. The lowest BCUT2D eigenvalue weighted by Crippen LogP contribution is -2.54. The van der Waals surface area contributed by atoms with Crippen molar-refractivity contribution < 1.29 is 17.7 Å². The first-order valence-electron chi connectivity index (χ1n) is 12.1. The van der Waals surface area contributed by atoms with Crippen LogP contribution in [0.1, 0.15) is 38.1 Å². The summed E-state index contributed by atoms with van der Waals surface area (Å²) in [5.74, 6) is 0.440. The van der Waals surface area contributed by atoms with Crippen molar-refractivity contribution in [3.8, 4) is 11.4 Å². The molecule has 2 heterocycles. The van der Waals surface area contributed by atoms with Gasteiger partial charge in [-0.25, -0.2) is 17.4 Å². The smallest absolute Gasteiger partial charge is 0.216 e. The fraction of sp³-hybridized carbons (Fsp3) is 0.370. The molecule has 2 aromatic carbocycles. The van der Waals surface area contributed by atoms with Crippen molar-refractivity contribution in [2.24, 2.45) is 0 Å². The molecule has 1 unspecified atom stereocenters. The highest BCUT2D eigenvalue weighted by atomic mass is 32.2. The van der Waals surface area contributed by atoms with Gasteiger partial charge in [0.25, 0.3) is 0 Å². The van der Waals surface area contributed by atoms with Gasteiger partial charge in [-0.1, -0.05) is 30.3 Å². The molecular weight excluding hydrogens is 541 g/mol. The fourth-order valence-electron chi connectivity index (χ4n) is 3.94. The van der Waals surface area contributed by atoms with Gasteiger partial charge >= 0.3 is 0 Å². The van der Waals surface area contributed by atoms with Gasteiger partial charge < -0.3 is 9.29 Å². The molecule has 38 heavy (non-hydrogen) atoms. The lowest BCUT2D eigenvalue weighted by Gasteiger charge is -2.35. The minimum Gasteiger partial charge on any atom is -0.598 e. The molecule has 0 aliphatic carbocycles. The van der Waals surface area contributed by atoms with Crippen molar-refractivity contribution in [3.63, 3.8) is 0 Å². The number of rotatable bonds is 10. The van der Waals surface area contributed by atoms with E-state index in [2.05, 4.69) is 9.82 Å². The zero-order valence-electron chi connectivity index (χ0n) is 22.5. The van der Waals surface area contributed by atoms with Gasteiger partial charge in [0.2, 0.25) is 10.0 Å². The molecule has 2 atom stereocenters. The number of nitrogens with one attached hydrogen (secondary N) is 1. The summed E-state index contributed by atoms with van der Waals surface area (Å²) < 4.78 is 52.5. The van der Waals surface area contributed by atoms with Crippen LogP contribution in [0.4, 0.5) is 0 Å². The number of sulfonamides is 1. The number of hydrogen-bond acceptors (Lipinski definition) is 7. The van der Waals surface area contributed by atoms with Crippen molar-refractivity contribution in [1.29, 1.82) is 0 Å². The second-order valence-electron chi connectivity index (χ2n) is 10.4. The Kier molecular flexibility index (Phi) is 8.27. The molecule has 0 spiro atoms. The third kappa shape index (κ3) is 6.24. The van der Waals surface area contributed by atoms with Gasteiger partial charge in [0.15, 0.2) is 0 Å². The largest absolute Gasteiger partial charge is 0.598 e. The lowest BCUT2D eigenvalue weighted by atomic mass is 10.1. The molecule has 1 N–H and O–H groups in total. The number of thiophene rings is 1. The van der Waals surface area contributed by atoms with E-state index in [-0.39, 0.29) is 12.3 Å². The molecule has 4 aromatic rings. The van der Waals surface area contributed by atoms with Crippen LogP contribution in [0.5, 0.6) is 5.75 Å². The zero-order valence-corrected chi connectivity index (χ0v) is 24.9. The molecule has 0 aliphatic rings. The first-order chi connectivity index (χ1) is 17.8. The highest BCUT2D eigenvalue weighted by molar-refractivity contribution is 7.91. The molecule has 0 radical (unpaired) electrons. The summed E-state index contributed by atoms with van der Waals surface area (Å²) in [4.78, 5) is 0.772. The van der Waals surface area contributed by atoms with Crippen LogP contribution >= 0.6 is 11.3 Å². The molecule has 8 nitrogen and oxygen atoms in total. The summed E-state index contributed by atoms with van der Waals surface area (Å²) in [6, 6.07) is 19.0. The molecule has 0 amide bonds. The highest BCUT2D eigenvalue weighted by Crippen LogP contribution is 2.37. The molecule has 0 fully saturated rings. The summed E-state index contributed by atoms with van der Waals surface area (Å²) in [6.45, 7) is 7.59. The summed E-state index contributed by atoms with van der Waals surface area (Å²) >= 11 is -0.0546. The van der Waals surface area contributed by atoms with Crippen molar-refractivity contribution in [1.82, 2.24) is 18.8 Å². The standard InChI is InChI=1S/C27H34N4O4S3/c1-26(2,3)37(32)29-27(4,19-38(33,34)30(5)18-20-12-14-22(35-6)15-13-20)25-16-23-24(36-25)17-28-31(23)21-10-8-7-9-11-21/h7-17,29H,18-19H2,1-6H3/t27-,37?/m0/s1. The number of aromatic nitrogens is 2. The predicted molar refractivity (Wildman–Crippen MR) is 156 cm³/mol. The maximum absolute atomic E-state index is 13.7. The molecule has 0 bridgehead atoms. The zero-order chi connectivity index (χ0) is 27.7. The first kappa shape index (κ1) is 28.6. The molecule has 0 aliphatic heterocycles. The van der Waals surface area contributed by atoms with E-state index >= 15 is 0 Å². The van der Waals surface area contributed by atoms with E-state index in [9.17, 15) is 13.0 Å². The van der Waals surface area contributed by atoms with Crippen molar-refractivity contribution in [3.05, 3.63) is 77.3 Å². The number of fused-ring (bicyclic) bond motifs is 1. The van der Waals surface area contributed by atoms with Crippen LogP contribution in [0.3, 0.4) is 0 Å². The number of ether oxygens (including phenoxy) is 1. The molecule has 11 heteroatoms. The van der Waals surface area contributed by atoms with Gasteiger partial charge in [-0.15, -0.1) is 16.1 Å². The van der Waals surface area contributed by atoms with Gasteiger partial charge in [0, 0.05) is 29.8 Å². The van der Waals surface area contributed by atoms with Gasteiger partial charge in [-0.2, -0.15) is 5.10 Å². The lowest BCUT2D eigenvalue weighted by molar-refractivity contribution is 0.413. The number of methoxy groups -OCH3 is 1. The van der Waals surface area contributed by atoms with E-state index in [0.717, 1.165) is 26.3 Å². The van der Waals surface area contributed by atoms with E-state index < -0.39 is 31.7 Å². The summed E-state index contributed by atoms with van der Waals surface area (Å²) in [5.41, 5.74) is 1.51. The van der Waals surface area contributed by atoms with E-state index in [1.54, 1.807) is 39.4 Å². The minimum atomic E-state index is -3.76. The van der Waals surface area contributed by atoms with Crippen LogP contribution in [0, 0.1) is 0 Å². The van der Waals surface area contributed by atoms with Crippen LogP contribution < -0.4 is 9.46 Å². The second-order valence-corrected chi connectivity index (χ2v) is 15.6. The van der Waals surface area contributed by atoms with E-state index in [0.29, 0.717) is 5.75 Å². The van der Waals surface area contributed by atoms with E-state index in [1.165, 1.54) is 15.6 Å². The molecule has 0 saturated carbocycles. The SMILES string of the molecule is COc1ccc(CN(C)S(=O)(=O)C[C@](C)(N[S+]([O-])C(C)(C)C)c2cc3c(cnn3-c3ccccc3)s2)cc1. The van der Waals surface area contributed by atoms with Gasteiger partial charge in [0.05, 0.1) is 35.0 Å². The average Bonchev–Trinajstić information content (AvgIpc) is 3.46. The van der Waals surface area contributed by atoms with E-state index in [1.807, 2.05) is 74.0 Å². The number of benzene rings is 2. The normalized spacial score (nSPS) is 15.1.